The molecular formula is C12H12F3NO. The number of hydrogen-bond donors (Lipinski definition) is 1. The molecule has 1 amide bonds. The molecule has 0 aliphatic heterocycles. The Kier molecular flexibility index (Phi) is 4.31. The molecule has 0 spiro atoms. The molecule has 1 N–H and O–H groups in total. The number of halogens is 3. The first-order chi connectivity index (χ1) is 7.95. The van der Waals surface area contributed by atoms with Crippen molar-refractivity contribution in [3.8, 4) is 0 Å². The first-order valence-corrected chi connectivity index (χ1v) is 5.00. The Morgan fingerprint density at radius 2 is 1.88 bits per heavy atom. The number of rotatable bonds is 3. The molecule has 0 saturated carbocycles. The number of nitrogens with one attached hydrogen (secondary N) is 1. The molecule has 0 saturated heterocycles. The van der Waals surface area contributed by atoms with Gasteiger partial charge >= 0.3 is 12.1 Å². The third-order valence-electron chi connectivity index (χ3n) is 2.09. The van der Waals surface area contributed by atoms with Crippen LogP contribution in [-0.2, 0) is 4.79 Å². The van der Waals surface area contributed by atoms with E-state index >= 15 is 0 Å². The van der Waals surface area contributed by atoms with Gasteiger partial charge in [0.25, 0.3) is 0 Å². The van der Waals surface area contributed by atoms with Crippen molar-refractivity contribution in [1.82, 2.24) is 5.32 Å². The van der Waals surface area contributed by atoms with Crippen LogP contribution in [0.2, 0.25) is 0 Å². The van der Waals surface area contributed by atoms with E-state index in [1.165, 1.54) is 6.08 Å². The van der Waals surface area contributed by atoms with Gasteiger partial charge in [-0.1, -0.05) is 42.5 Å². The van der Waals surface area contributed by atoms with Crippen LogP contribution in [0, 0.1) is 0 Å². The van der Waals surface area contributed by atoms with E-state index in [9.17, 15) is 18.0 Å². The Bertz CT molecular complexity index is 398. The molecule has 0 unspecified atom stereocenters. The normalized spacial score (nSPS) is 13.6. The number of benzene rings is 1. The summed E-state index contributed by atoms with van der Waals surface area (Å²) < 4.78 is 36.4. The molecule has 5 heteroatoms. The molecule has 92 valence electrons. The number of alkyl halides is 3. The average Bonchev–Trinajstić information content (AvgIpc) is 2.28. The zero-order valence-electron chi connectivity index (χ0n) is 9.16. The minimum Gasteiger partial charge on any atom is -0.338 e. The predicted molar refractivity (Wildman–Crippen MR) is 58.2 cm³/mol. The van der Waals surface area contributed by atoms with Gasteiger partial charge in [-0.3, -0.25) is 4.79 Å². The van der Waals surface area contributed by atoms with E-state index in [-0.39, 0.29) is 0 Å². The summed E-state index contributed by atoms with van der Waals surface area (Å²) in [6.07, 6.45) is -1.78. The van der Waals surface area contributed by atoms with E-state index in [1.54, 1.807) is 43.3 Å². The minimum absolute atomic E-state index is 0.600. The van der Waals surface area contributed by atoms with Crippen molar-refractivity contribution >= 4 is 5.91 Å². The third-order valence-corrected chi connectivity index (χ3v) is 2.09. The van der Waals surface area contributed by atoms with Crippen molar-refractivity contribution in [3.05, 3.63) is 48.0 Å². The highest BCUT2D eigenvalue weighted by atomic mass is 19.4. The molecule has 2 nitrogen and oxygen atoms in total. The highest BCUT2D eigenvalue weighted by Crippen LogP contribution is 2.19. The van der Waals surface area contributed by atoms with Crippen LogP contribution in [0.4, 0.5) is 13.2 Å². The predicted octanol–water partition coefficient (Wildman–Crippen LogP) is 2.98. The summed E-state index contributed by atoms with van der Waals surface area (Å²) in [5.41, 5.74) is 0.600. The summed E-state index contributed by atoms with van der Waals surface area (Å²) in [6, 6.07) is 7.69. The second kappa shape index (κ2) is 5.52. The average molecular weight is 243 g/mol. The molecule has 0 aliphatic rings. The standard InChI is InChI=1S/C12H12F3NO/c1-2-6-10(9-7-4-3-5-8-9)16-11(17)12(13,14)15/h2-8,10H,1H3,(H,16,17)/b6-2+/t10-/m1/s1. The highest BCUT2D eigenvalue weighted by molar-refractivity contribution is 5.82. The Labute approximate surface area is 97.1 Å². The van der Waals surface area contributed by atoms with E-state index in [0.717, 1.165) is 0 Å². The summed E-state index contributed by atoms with van der Waals surface area (Å²) in [5, 5.41) is 1.92. The Balaban J connectivity index is 2.86. The quantitative estimate of drug-likeness (QED) is 0.812. The van der Waals surface area contributed by atoms with Gasteiger partial charge in [0.1, 0.15) is 0 Å². The zero-order valence-corrected chi connectivity index (χ0v) is 9.16. The summed E-state index contributed by atoms with van der Waals surface area (Å²) in [7, 11) is 0. The van der Waals surface area contributed by atoms with E-state index in [2.05, 4.69) is 0 Å². The number of hydrogen-bond acceptors (Lipinski definition) is 1. The van der Waals surface area contributed by atoms with Crippen LogP contribution >= 0.6 is 0 Å². The number of carbonyl (C=O) groups is 1. The van der Waals surface area contributed by atoms with Crippen molar-refractivity contribution in [2.75, 3.05) is 0 Å². The molecule has 1 aromatic rings. The fourth-order valence-electron chi connectivity index (χ4n) is 1.32. The smallest absolute Gasteiger partial charge is 0.338 e. The Morgan fingerprint density at radius 1 is 1.29 bits per heavy atom. The van der Waals surface area contributed by atoms with Gasteiger partial charge in [-0.05, 0) is 12.5 Å². The zero-order chi connectivity index (χ0) is 12.9. The topological polar surface area (TPSA) is 29.1 Å². The van der Waals surface area contributed by atoms with Gasteiger partial charge in [0.15, 0.2) is 0 Å². The van der Waals surface area contributed by atoms with Crippen LogP contribution in [0.1, 0.15) is 18.5 Å². The summed E-state index contributed by atoms with van der Waals surface area (Å²) in [5.74, 6) is -1.94. The number of amides is 1. The van der Waals surface area contributed by atoms with Gasteiger partial charge in [0.2, 0.25) is 0 Å². The van der Waals surface area contributed by atoms with Crippen LogP contribution in [0.5, 0.6) is 0 Å². The fourth-order valence-corrected chi connectivity index (χ4v) is 1.32. The largest absolute Gasteiger partial charge is 0.471 e. The lowest BCUT2D eigenvalue weighted by Gasteiger charge is -2.16. The monoisotopic (exact) mass is 243 g/mol. The lowest BCUT2D eigenvalue weighted by Crippen LogP contribution is -2.38. The van der Waals surface area contributed by atoms with Gasteiger partial charge < -0.3 is 5.32 Å². The number of carbonyl (C=O) groups excluding carboxylic acids is 1. The first-order valence-electron chi connectivity index (χ1n) is 5.00. The molecule has 0 aliphatic carbocycles. The maximum Gasteiger partial charge on any atom is 0.471 e. The Morgan fingerprint density at radius 3 is 2.35 bits per heavy atom. The molecular weight excluding hydrogens is 231 g/mol. The van der Waals surface area contributed by atoms with E-state index in [0.29, 0.717) is 5.56 Å². The van der Waals surface area contributed by atoms with Crippen molar-refractivity contribution in [2.45, 2.75) is 19.1 Å². The van der Waals surface area contributed by atoms with Crippen LogP contribution in [0.15, 0.2) is 42.5 Å². The van der Waals surface area contributed by atoms with E-state index in [4.69, 9.17) is 0 Å². The molecule has 0 heterocycles. The van der Waals surface area contributed by atoms with Crippen molar-refractivity contribution < 1.29 is 18.0 Å². The molecule has 0 aromatic heterocycles. The minimum atomic E-state index is -4.87. The van der Waals surface area contributed by atoms with Gasteiger partial charge in [-0.15, -0.1) is 0 Å². The van der Waals surface area contributed by atoms with Gasteiger partial charge in [-0.25, -0.2) is 0 Å². The van der Waals surface area contributed by atoms with Gasteiger partial charge in [0.05, 0.1) is 6.04 Å². The number of allylic oxidation sites excluding steroid dienone is 1. The van der Waals surface area contributed by atoms with Crippen LogP contribution in [-0.4, -0.2) is 12.1 Å². The van der Waals surface area contributed by atoms with Crippen LogP contribution in [0.3, 0.4) is 0 Å². The SMILES string of the molecule is C/C=C/[C@@H](NC(=O)C(F)(F)F)c1ccccc1. The second-order valence-electron chi connectivity index (χ2n) is 3.39. The molecule has 0 fully saturated rings. The fraction of sp³-hybridized carbons (Fsp3) is 0.250. The molecule has 17 heavy (non-hydrogen) atoms. The van der Waals surface area contributed by atoms with Gasteiger partial charge in [-0.2, -0.15) is 13.2 Å². The molecule has 1 atom stereocenters. The van der Waals surface area contributed by atoms with Crippen molar-refractivity contribution in [2.24, 2.45) is 0 Å². The maximum atomic E-state index is 12.1. The van der Waals surface area contributed by atoms with E-state index in [1.807, 2.05) is 5.32 Å². The second-order valence-corrected chi connectivity index (χ2v) is 3.39. The maximum absolute atomic E-state index is 12.1. The molecule has 1 aromatic carbocycles. The van der Waals surface area contributed by atoms with Crippen molar-refractivity contribution in [1.29, 1.82) is 0 Å². The van der Waals surface area contributed by atoms with Gasteiger partial charge in [0, 0.05) is 0 Å². The summed E-state index contributed by atoms with van der Waals surface area (Å²) in [6.45, 7) is 1.68. The molecule has 0 bridgehead atoms. The lowest BCUT2D eigenvalue weighted by molar-refractivity contribution is -0.174. The lowest BCUT2D eigenvalue weighted by atomic mass is 10.1. The molecule has 1 rings (SSSR count). The summed E-state index contributed by atoms with van der Waals surface area (Å²) in [4.78, 5) is 10.9. The Hall–Kier alpha value is -1.78. The first kappa shape index (κ1) is 13.3. The summed E-state index contributed by atoms with van der Waals surface area (Å²) >= 11 is 0. The van der Waals surface area contributed by atoms with E-state index < -0.39 is 18.1 Å². The van der Waals surface area contributed by atoms with Crippen LogP contribution < -0.4 is 5.32 Å². The third kappa shape index (κ3) is 3.94. The van der Waals surface area contributed by atoms with Crippen molar-refractivity contribution in [3.63, 3.8) is 0 Å². The highest BCUT2D eigenvalue weighted by Gasteiger charge is 2.39. The molecule has 0 radical (unpaired) electrons. The van der Waals surface area contributed by atoms with Crippen LogP contribution in [0.25, 0.3) is 0 Å².